The second kappa shape index (κ2) is 7.51. The summed E-state index contributed by atoms with van der Waals surface area (Å²) in [6, 6.07) is 7.61. The zero-order valence-corrected chi connectivity index (χ0v) is 12.8. The minimum absolute atomic E-state index is 0.0490. The largest absolute Gasteiger partial charge is 0.349 e. The molecule has 0 saturated heterocycles. The Morgan fingerprint density at radius 2 is 1.89 bits per heavy atom. The molecule has 0 spiro atoms. The molecule has 1 rings (SSSR count). The van der Waals surface area contributed by atoms with Crippen molar-refractivity contribution in [1.82, 2.24) is 10.6 Å². The van der Waals surface area contributed by atoms with Gasteiger partial charge < -0.3 is 10.6 Å². The van der Waals surface area contributed by atoms with E-state index in [1.807, 2.05) is 38.2 Å². The molecule has 2 unspecified atom stereocenters. The molecule has 1 amide bonds. The minimum atomic E-state index is -0.0614. The molecule has 0 aliphatic carbocycles. The summed E-state index contributed by atoms with van der Waals surface area (Å²) < 4.78 is 0. The van der Waals surface area contributed by atoms with E-state index < -0.39 is 0 Å². The van der Waals surface area contributed by atoms with Crippen molar-refractivity contribution in [1.29, 1.82) is 0 Å². The van der Waals surface area contributed by atoms with Gasteiger partial charge in [0.2, 0.25) is 5.91 Å². The highest BCUT2D eigenvalue weighted by atomic mass is 35.5. The Hall–Kier alpha value is -1.06. The highest BCUT2D eigenvalue weighted by Gasteiger charge is 2.22. The van der Waals surface area contributed by atoms with Gasteiger partial charge in [-0.05, 0) is 24.6 Å². The van der Waals surface area contributed by atoms with Crippen molar-refractivity contribution < 1.29 is 4.79 Å². The summed E-state index contributed by atoms with van der Waals surface area (Å²) in [6.45, 7) is 6.74. The van der Waals surface area contributed by atoms with Crippen LogP contribution in [0.5, 0.6) is 0 Å². The topological polar surface area (TPSA) is 41.1 Å². The van der Waals surface area contributed by atoms with Crippen molar-refractivity contribution in [2.24, 2.45) is 11.8 Å². The summed E-state index contributed by atoms with van der Waals surface area (Å²) in [5, 5.41) is 6.81. The molecular weight excluding hydrogens is 260 g/mol. The van der Waals surface area contributed by atoms with Crippen LogP contribution in [0.2, 0.25) is 5.02 Å². The Bertz CT molecular complexity index is 420. The highest BCUT2D eigenvalue weighted by molar-refractivity contribution is 6.31. The fraction of sp³-hybridized carbons (Fsp3) is 0.533. The van der Waals surface area contributed by atoms with Gasteiger partial charge in [0.25, 0.3) is 0 Å². The molecule has 3 nitrogen and oxygen atoms in total. The summed E-state index contributed by atoms with van der Waals surface area (Å²) in [7, 11) is 1.85. The second-order valence-electron chi connectivity index (χ2n) is 5.21. The van der Waals surface area contributed by atoms with Crippen LogP contribution in [-0.2, 0) is 4.79 Å². The lowest BCUT2D eigenvalue weighted by molar-refractivity contribution is -0.125. The minimum Gasteiger partial charge on any atom is -0.349 e. The Labute approximate surface area is 120 Å². The molecule has 0 radical (unpaired) electrons. The van der Waals surface area contributed by atoms with Gasteiger partial charge in [0, 0.05) is 17.5 Å². The molecule has 106 valence electrons. The predicted octanol–water partition coefficient (Wildman–Crippen LogP) is 3.01. The van der Waals surface area contributed by atoms with Gasteiger partial charge in [-0.15, -0.1) is 0 Å². The first-order valence-corrected chi connectivity index (χ1v) is 7.04. The van der Waals surface area contributed by atoms with Crippen LogP contribution in [0.1, 0.15) is 32.4 Å². The number of hydrogen-bond donors (Lipinski definition) is 2. The first kappa shape index (κ1) is 16.0. The zero-order chi connectivity index (χ0) is 14.4. The van der Waals surface area contributed by atoms with Gasteiger partial charge in [-0.3, -0.25) is 4.79 Å². The van der Waals surface area contributed by atoms with Crippen molar-refractivity contribution in [3.05, 3.63) is 34.9 Å². The molecular formula is C15H23ClN2O. The lowest BCUT2D eigenvalue weighted by Gasteiger charge is -2.25. The number of benzene rings is 1. The van der Waals surface area contributed by atoms with E-state index >= 15 is 0 Å². The molecule has 4 heteroatoms. The van der Waals surface area contributed by atoms with Crippen LogP contribution in [-0.4, -0.2) is 19.5 Å². The van der Waals surface area contributed by atoms with Crippen molar-refractivity contribution in [2.75, 3.05) is 13.6 Å². The van der Waals surface area contributed by atoms with Gasteiger partial charge in [-0.25, -0.2) is 0 Å². The third-order valence-electron chi connectivity index (χ3n) is 3.16. The lowest BCUT2D eigenvalue weighted by Crippen LogP contribution is -2.38. The first-order valence-electron chi connectivity index (χ1n) is 6.66. The van der Waals surface area contributed by atoms with Gasteiger partial charge in [0.05, 0.1) is 6.04 Å². The van der Waals surface area contributed by atoms with Gasteiger partial charge in [-0.1, -0.05) is 50.6 Å². The molecule has 2 atom stereocenters. The molecule has 0 fully saturated rings. The maximum Gasteiger partial charge on any atom is 0.224 e. The lowest BCUT2D eigenvalue weighted by atomic mass is 9.95. The van der Waals surface area contributed by atoms with Crippen molar-refractivity contribution in [3.63, 3.8) is 0 Å². The second-order valence-corrected chi connectivity index (χ2v) is 5.62. The Morgan fingerprint density at radius 1 is 1.26 bits per heavy atom. The van der Waals surface area contributed by atoms with Crippen LogP contribution in [0.4, 0.5) is 0 Å². The molecule has 19 heavy (non-hydrogen) atoms. The van der Waals surface area contributed by atoms with E-state index in [2.05, 4.69) is 24.5 Å². The summed E-state index contributed by atoms with van der Waals surface area (Å²) >= 11 is 6.22. The predicted molar refractivity (Wildman–Crippen MR) is 80.3 cm³/mol. The fourth-order valence-electron chi connectivity index (χ4n) is 2.03. The van der Waals surface area contributed by atoms with E-state index in [1.54, 1.807) is 0 Å². The average molecular weight is 283 g/mol. The molecule has 2 N–H and O–H groups in total. The van der Waals surface area contributed by atoms with Crippen LogP contribution in [0.25, 0.3) is 0 Å². The average Bonchev–Trinajstić information content (AvgIpc) is 2.36. The quantitative estimate of drug-likeness (QED) is 0.842. The Kier molecular flexibility index (Phi) is 6.32. The number of hydrogen-bond acceptors (Lipinski definition) is 2. The molecule has 0 aliphatic heterocycles. The number of amides is 1. The van der Waals surface area contributed by atoms with Crippen molar-refractivity contribution in [2.45, 2.75) is 26.8 Å². The number of rotatable bonds is 6. The molecule has 0 bridgehead atoms. The molecule has 1 aromatic rings. The summed E-state index contributed by atoms with van der Waals surface area (Å²) in [5.74, 6) is 0.271. The number of nitrogens with one attached hydrogen (secondary N) is 2. The standard InChI is InChI=1S/C15H23ClN2O/c1-10(2)14(12-7-5-6-8-13(12)16)18-15(19)11(3)9-17-4/h5-8,10-11,14,17H,9H2,1-4H3,(H,18,19). The highest BCUT2D eigenvalue weighted by Crippen LogP contribution is 2.28. The monoisotopic (exact) mass is 282 g/mol. The molecule has 0 aliphatic rings. The smallest absolute Gasteiger partial charge is 0.224 e. The van der Waals surface area contributed by atoms with Gasteiger partial charge in [-0.2, -0.15) is 0 Å². The van der Waals surface area contributed by atoms with E-state index in [0.29, 0.717) is 11.6 Å². The fourth-order valence-corrected chi connectivity index (χ4v) is 2.28. The molecule has 1 aromatic carbocycles. The Morgan fingerprint density at radius 3 is 2.42 bits per heavy atom. The maximum atomic E-state index is 12.1. The van der Waals surface area contributed by atoms with Crippen LogP contribution < -0.4 is 10.6 Å². The first-order chi connectivity index (χ1) is 8.97. The zero-order valence-electron chi connectivity index (χ0n) is 12.0. The number of carbonyl (C=O) groups excluding carboxylic acids is 1. The van der Waals surface area contributed by atoms with E-state index in [0.717, 1.165) is 5.56 Å². The van der Waals surface area contributed by atoms with Gasteiger partial charge >= 0.3 is 0 Å². The number of halogens is 1. The van der Waals surface area contributed by atoms with Crippen molar-refractivity contribution >= 4 is 17.5 Å². The van der Waals surface area contributed by atoms with E-state index in [-0.39, 0.29) is 23.8 Å². The third kappa shape index (κ3) is 4.51. The summed E-state index contributed by atoms with van der Waals surface area (Å²) in [4.78, 5) is 12.1. The summed E-state index contributed by atoms with van der Waals surface area (Å²) in [6.07, 6.45) is 0. The van der Waals surface area contributed by atoms with E-state index in [1.165, 1.54) is 0 Å². The maximum absolute atomic E-state index is 12.1. The molecule has 0 aromatic heterocycles. The third-order valence-corrected chi connectivity index (χ3v) is 3.51. The van der Waals surface area contributed by atoms with Crippen molar-refractivity contribution in [3.8, 4) is 0 Å². The normalized spacial score (nSPS) is 14.2. The van der Waals surface area contributed by atoms with Crippen LogP contribution in [0.3, 0.4) is 0 Å². The SMILES string of the molecule is CNCC(C)C(=O)NC(c1ccccc1Cl)C(C)C. The summed E-state index contributed by atoms with van der Waals surface area (Å²) in [5.41, 5.74) is 0.976. The van der Waals surface area contributed by atoms with Gasteiger partial charge in [0.1, 0.15) is 0 Å². The van der Waals surface area contributed by atoms with Crippen LogP contribution in [0.15, 0.2) is 24.3 Å². The Balaban J connectivity index is 2.86. The molecule has 0 heterocycles. The van der Waals surface area contributed by atoms with Crippen LogP contribution >= 0.6 is 11.6 Å². The van der Waals surface area contributed by atoms with Gasteiger partial charge in [0.15, 0.2) is 0 Å². The molecule has 0 saturated carbocycles. The van der Waals surface area contributed by atoms with E-state index in [4.69, 9.17) is 11.6 Å². The van der Waals surface area contributed by atoms with E-state index in [9.17, 15) is 4.79 Å². The number of carbonyl (C=O) groups is 1. The van der Waals surface area contributed by atoms with Crippen LogP contribution in [0, 0.1) is 11.8 Å².